The van der Waals surface area contributed by atoms with Crippen molar-refractivity contribution >= 4 is 40.6 Å². The lowest BCUT2D eigenvalue weighted by Gasteiger charge is -2.10. The summed E-state index contributed by atoms with van der Waals surface area (Å²) in [4.78, 5) is 15.9. The van der Waals surface area contributed by atoms with Crippen molar-refractivity contribution in [3.63, 3.8) is 0 Å². The van der Waals surface area contributed by atoms with Gasteiger partial charge < -0.3 is 15.8 Å². The first-order chi connectivity index (χ1) is 9.69. The summed E-state index contributed by atoms with van der Waals surface area (Å²) < 4.78 is 9.94. The van der Waals surface area contributed by atoms with Crippen LogP contribution in [-0.4, -0.2) is 28.1 Å². The number of nitrogen functional groups attached to an aromatic ring is 1. The van der Waals surface area contributed by atoms with Gasteiger partial charge in [0, 0.05) is 23.9 Å². The van der Waals surface area contributed by atoms with E-state index in [1.165, 1.54) is 36.7 Å². The first-order valence-corrected chi connectivity index (χ1v) is 7.58. The third-order valence-corrected chi connectivity index (χ3v) is 4.19. The van der Waals surface area contributed by atoms with Crippen LogP contribution in [-0.2, 0) is 4.79 Å². The Labute approximate surface area is 124 Å². The molecule has 0 aliphatic carbocycles. The van der Waals surface area contributed by atoms with Gasteiger partial charge in [-0.1, -0.05) is 11.8 Å². The molecular formula is C12H14N4O2S2. The summed E-state index contributed by atoms with van der Waals surface area (Å²) in [6, 6.07) is 5.11. The molecule has 20 heavy (non-hydrogen) atoms. The Bertz CT molecular complexity index is 575. The summed E-state index contributed by atoms with van der Waals surface area (Å²) in [7, 11) is 1.54. The van der Waals surface area contributed by atoms with E-state index in [-0.39, 0.29) is 5.91 Å². The molecule has 1 heterocycles. The number of hydrogen-bond acceptors (Lipinski definition) is 7. The van der Waals surface area contributed by atoms with E-state index in [1.54, 1.807) is 18.2 Å². The molecule has 106 valence electrons. The summed E-state index contributed by atoms with van der Waals surface area (Å²) in [5, 5.41) is 2.80. The fraction of sp³-hybridized carbons (Fsp3) is 0.250. The van der Waals surface area contributed by atoms with Crippen molar-refractivity contribution in [3.05, 3.63) is 24.5 Å². The minimum Gasteiger partial charge on any atom is -0.494 e. The van der Waals surface area contributed by atoms with Crippen molar-refractivity contribution in [2.75, 3.05) is 23.9 Å². The number of benzene rings is 1. The Balaban J connectivity index is 1.85. The van der Waals surface area contributed by atoms with Crippen LogP contribution >= 0.6 is 23.3 Å². The smallest absolute Gasteiger partial charge is 0.225 e. The van der Waals surface area contributed by atoms with Gasteiger partial charge >= 0.3 is 0 Å². The standard InChI is InChI=1S/C12H14N4O2S2/c1-18-10-6-8(13)2-3-9(10)16-11(17)4-5-19-12-14-7-15-20-12/h2-3,6-7H,4-5,13H2,1H3,(H,16,17). The maximum absolute atomic E-state index is 11.9. The highest BCUT2D eigenvalue weighted by molar-refractivity contribution is 8.00. The van der Waals surface area contributed by atoms with E-state index in [4.69, 9.17) is 10.5 Å². The van der Waals surface area contributed by atoms with E-state index in [9.17, 15) is 4.79 Å². The van der Waals surface area contributed by atoms with Gasteiger partial charge in [0.15, 0.2) is 4.34 Å². The van der Waals surface area contributed by atoms with Crippen LogP contribution in [0.2, 0.25) is 0 Å². The van der Waals surface area contributed by atoms with Gasteiger partial charge in [0.25, 0.3) is 0 Å². The highest BCUT2D eigenvalue weighted by atomic mass is 32.2. The molecule has 0 aliphatic rings. The lowest BCUT2D eigenvalue weighted by Crippen LogP contribution is -2.13. The molecule has 0 saturated carbocycles. The first-order valence-electron chi connectivity index (χ1n) is 5.82. The van der Waals surface area contributed by atoms with Crippen LogP contribution in [0.3, 0.4) is 0 Å². The van der Waals surface area contributed by atoms with Gasteiger partial charge in [-0.2, -0.15) is 4.37 Å². The second-order valence-electron chi connectivity index (χ2n) is 3.81. The number of nitrogens with two attached hydrogens (primary N) is 1. The molecule has 1 aromatic carbocycles. The second kappa shape index (κ2) is 7.11. The average molecular weight is 310 g/mol. The third-order valence-electron chi connectivity index (χ3n) is 2.40. The minimum absolute atomic E-state index is 0.0786. The SMILES string of the molecule is COc1cc(N)ccc1NC(=O)CCSc1ncns1. The molecular weight excluding hydrogens is 296 g/mol. The van der Waals surface area contributed by atoms with Gasteiger partial charge in [-0.25, -0.2) is 4.98 Å². The van der Waals surface area contributed by atoms with E-state index in [2.05, 4.69) is 14.7 Å². The number of carbonyl (C=O) groups excluding carboxylic acids is 1. The van der Waals surface area contributed by atoms with Crippen LogP contribution in [0.1, 0.15) is 6.42 Å². The van der Waals surface area contributed by atoms with E-state index in [1.807, 2.05) is 0 Å². The number of hydrogen-bond donors (Lipinski definition) is 2. The zero-order chi connectivity index (χ0) is 14.4. The molecule has 0 saturated heterocycles. The minimum atomic E-state index is -0.0786. The van der Waals surface area contributed by atoms with E-state index in [0.717, 1.165) is 4.34 Å². The van der Waals surface area contributed by atoms with Crippen molar-refractivity contribution in [1.29, 1.82) is 0 Å². The summed E-state index contributed by atoms with van der Waals surface area (Å²) >= 11 is 2.83. The number of nitrogens with zero attached hydrogens (tertiary/aromatic N) is 2. The number of aromatic nitrogens is 2. The fourth-order valence-corrected chi connectivity index (χ4v) is 2.93. The molecule has 0 unspecified atom stereocenters. The molecule has 0 spiro atoms. The topological polar surface area (TPSA) is 90.1 Å². The monoisotopic (exact) mass is 310 g/mol. The number of carbonyl (C=O) groups is 1. The van der Waals surface area contributed by atoms with E-state index >= 15 is 0 Å². The van der Waals surface area contributed by atoms with Gasteiger partial charge in [0.1, 0.15) is 12.1 Å². The van der Waals surface area contributed by atoms with Crippen LogP contribution in [0.25, 0.3) is 0 Å². The average Bonchev–Trinajstić information content (AvgIpc) is 2.94. The van der Waals surface area contributed by atoms with E-state index < -0.39 is 0 Å². The second-order valence-corrected chi connectivity index (χ2v) is 5.94. The molecule has 2 aromatic rings. The zero-order valence-corrected chi connectivity index (χ0v) is 12.5. The summed E-state index contributed by atoms with van der Waals surface area (Å²) in [6.45, 7) is 0. The Morgan fingerprint density at radius 1 is 1.55 bits per heavy atom. The summed E-state index contributed by atoms with van der Waals surface area (Å²) in [6.07, 6.45) is 1.89. The van der Waals surface area contributed by atoms with Gasteiger partial charge in [-0.3, -0.25) is 4.79 Å². The molecule has 0 bridgehead atoms. The number of anilines is 2. The molecule has 0 radical (unpaired) electrons. The van der Waals surface area contributed by atoms with Crippen molar-refractivity contribution in [2.24, 2.45) is 0 Å². The first kappa shape index (κ1) is 14.6. The Morgan fingerprint density at radius 3 is 3.10 bits per heavy atom. The van der Waals surface area contributed by atoms with E-state index in [0.29, 0.717) is 29.3 Å². The van der Waals surface area contributed by atoms with Gasteiger partial charge in [0.05, 0.1) is 12.8 Å². The Morgan fingerprint density at radius 2 is 2.40 bits per heavy atom. The number of thioether (sulfide) groups is 1. The van der Waals surface area contributed by atoms with Crippen LogP contribution in [0, 0.1) is 0 Å². The quantitative estimate of drug-likeness (QED) is 0.628. The number of methoxy groups -OCH3 is 1. The number of nitrogens with one attached hydrogen (secondary N) is 1. The summed E-state index contributed by atoms with van der Waals surface area (Å²) in [5.74, 6) is 1.12. The van der Waals surface area contributed by atoms with Gasteiger partial charge in [-0.05, 0) is 23.7 Å². The number of rotatable bonds is 6. The highest BCUT2D eigenvalue weighted by Gasteiger charge is 2.08. The Hall–Kier alpha value is -1.80. The molecule has 2 rings (SSSR count). The van der Waals surface area contributed by atoms with Crippen molar-refractivity contribution < 1.29 is 9.53 Å². The summed E-state index contributed by atoms with van der Waals surface area (Å²) in [5.41, 5.74) is 6.87. The Kier molecular flexibility index (Phi) is 5.19. The van der Waals surface area contributed by atoms with Gasteiger partial charge in [-0.15, -0.1) is 0 Å². The largest absolute Gasteiger partial charge is 0.494 e. The molecule has 1 aromatic heterocycles. The molecule has 1 amide bonds. The number of ether oxygens (including phenoxy) is 1. The molecule has 0 aliphatic heterocycles. The molecule has 0 atom stereocenters. The predicted molar refractivity (Wildman–Crippen MR) is 81.3 cm³/mol. The number of amides is 1. The molecule has 6 nitrogen and oxygen atoms in total. The van der Waals surface area contributed by atoms with Crippen LogP contribution in [0.15, 0.2) is 28.9 Å². The zero-order valence-electron chi connectivity index (χ0n) is 10.8. The van der Waals surface area contributed by atoms with Crippen molar-refractivity contribution in [2.45, 2.75) is 10.8 Å². The fourth-order valence-electron chi connectivity index (χ4n) is 1.48. The molecule has 8 heteroatoms. The highest BCUT2D eigenvalue weighted by Crippen LogP contribution is 2.27. The van der Waals surface area contributed by atoms with Crippen LogP contribution in [0.5, 0.6) is 5.75 Å². The van der Waals surface area contributed by atoms with Crippen molar-refractivity contribution in [1.82, 2.24) is 9.36 Å². The van der Waals surface area contributed by atoms with Gasteiger partial charge in [0.2, 0.25) is 5.91 Å². The van der Waals surface area contributed by atoms with Crippen LogP contribution in [0.4, 0.5) is 11.4 Å². The van der Waals surface area contributed by atoms with Crippen molar-refractivity contribution in [3.8, 4) is 5.75 Å². The maximum atomic E-state index is 11.9. The lowest BCUT2D eigenvalue weighted by molar-refractivity contribution is -0.115. The predicted octanol–water partition coefficient (Wildman–Crippen LogP) is 2.25. The maximum Gasteiger partial charge on any atom is 0.225 e. The van der Waals surface area contributed by atoms with Crippen LogP contribution < -0.4 is 15.8 Å². The lowest BCUT2D eigenvalue weighted by atomic mass is 10.2. The molecule has 3 N–H and O–H groups in total. The molecule has 0 fully saturated rings. The third kappa shape index (κ3) is 4.10. The normalized spacial score (nSPS) is 10.2.